The number of nitrogens with zero attached hydrogens (tertiary/aromatic N) is 4. The van der Waals surface area contributed by atoms with Gasteiger partial charge in [0.1, 0.15) is 0 Å². The molecule has 27 heavy (non-hydrogen) atoms. The summed E-state index contributed by atoms with van der Waals surface area (Å²) >= 11 is 4.86. The third kappa shape index (κ3) is 6.95. The highest BCUT2D eigenvalue weighted by atomic mass is 79.9. The number of benzene rings is 1. The Morgan fingerprint density at radius 2 is 1.89 bits per heavy atom. The zero-order chi connectivity index (χ0) is 19.5. The fourth-order valence-corrected chi connectivity index (χ4v) is 4.17. The highest BCUT2D eigenvalue weighted by Gasteiger charge is 2.23. The van der Waals surface area contributed by atoms with Gasteiger partial charge < -0.3 is 4.90 Å². The Morgan fingerprint density at radius 1 is 1.22 bits per heavy atom. The molecule has 0 unspecified atom stereocenters. The molecule has 0 spiro atoms. The van der Waals surface area contributed by atoms with Crippen molar-refractivity contribution in [3.63, 3.8) is 0 Å². The van der Waals surface area contributed by atoms with Gasteiger partial charge in [0.05, 0.1) is 23.0 Å². The van der Waals surface area contributed by atoms with Crippen LogP contribution in [0.4, 0.5) is 5.13 Å². The fourth-order valence-electron chi connectivity index (χ4n) is 2.27. The summed E-state index contributed by atoms with van der Waals surface area (Å²) in [4.78, 5) is 21.0. The summed E-state index contributed by atoms with van der Waals surface area (Å²) in [5, 5.41) is 0.587. The Labute approximate surface area is 178 Å². The molecule has 0 aliphatic heterocycles. The van der Waals surface area contributed by atoms with E-state index in [1.54, 1.807) is 4.90 Å². The van der Waals surface area contributed by atoms with E-state index < -0.39 is 10.0 Å². The van der Waals surface area contributed by atoms with Crippen molar-refractivity contribution in [3.8, 4) is 0 Å². The van der Waals surface area contributed by atoms with Gasteiger partial charge in [-0.15, -0.1) is 12.4 Å². The lowest BCUT2D eigenvalue weighted by Gasteiger charge is -2.23. The number of aromatic nitrogens is 1. The maximum atomic E-state index is 12.8. The summed E-state index contributed by atoms with van der Waals surface area (Å²) in [6, 6.07) is 5.76. The van der Waals surface area contributed by atoms with E-state index in [4.69, 9.17) is 0 Å². The summed E-state index contributed by atoms with van der Waals surface area (Å²) in [5.74, 6) is -0.283. The summed E-state index contributed by atoms with van der Waals surface area (Å²) in [5.41, 5.74) is 0.815. The van der Waals surface area contributed by atoms with Crippen LogP contribution in [0, 0.1) is 0 Å². The molecule has 0 fully saturated rings. The Morgan fingerprint density at radius 3 is 2.48 bits per heavy atom. The Balaban J connectivity index is 0.00000364. The number of halogens is 2. The number of carbonyl (C=O) groups is 1. The van der Waals surface area contributed by atoms with Gasteiger partial charge in [-0.25, -0.2) is 13.4 Å². The number of hydrogen-bond donors (Lipinski definition) is 0. The lowest BCUT2D eigenvalue weighted by atomic mass is 10.3. The smallest absolute Gasteiger partial charge is 0.244 e. The van der Waals surface area contributed by atoms with Gasteiger partial charge in [0.15, 0.2) is 5.13 Å². The first-order valence-corrected chi connectivity index (χ1v) is 11.5. The second-order valence-electron chi connectivity index (χ2n) is 6.33. The normalized spacial score (nSPS) is 11.8. The van der Waals surface area contributed by atoms with Gasteiger partial charge in [0, 0.05) is 18.1 Å². The molecular formula is C16H24BrClN4O3S2. The Hall–Kier alpha value is -0.780. The fraction of sp³-hybridized carbons (Fsp3) is 0.500. The highest BCUT2D eigenvalue weighted by molar-refractivity contribution is 9.10. The van der Waals surface area contributed by atoms with Crippen LogP contribution in [0.25, 0.3) is 10.2 Å². The molecule has 0 atom stereocenters. The number of amides is 1. The molecule has 0 aliphatic rings. The van der Waals surface area contributed by atoms with Gasteiger partial charge in [0.2, 0.25) is 15.9 Å². The average molecular weight is 500 g/mol. The highest BCUT2D eigenvalue weighted by Crippen LogP contribution is 2.31. The van der Waals surface area contributed by atoms with Gasteiger partial charge >= 0.3 is 0 Å². The van der Waals surface area contributed by atoms with Gasteiger partial charge in [0.25, 0.3) is 0 Å². The van der Waals surface area contributed by atoms with Crippen molar-refractivity contribution in [1.82, 2.24) is 14.2 Å². The van der Waals surface area contributed by atoms with Crippen molar-refractivity contribution >= 4 is 71.0 Å². The minimum absolute atomic E-state index is 0. The van der Waals surface area contributed by atoms with E-state index >= 15 is 0 Å². The topological polar surface area (TPSA) is 73.8 Å². The summed E-state index contributed by atoms with van der Waals surface area (Å²) < 4.78 is 26.2. The van der Waals surface area contributed by atoms with Crippen molar-refractivity contribution in [3.05, 3.63) is 22.7 Å². The van der Waals surface area contributed by atoms with Crippen LogP contribution in [0.5, 0.6) is 0 Å². The molecule has 2 rings (SSSR count). The molecule has 7 nitrogen and oxygen atoms in total. The van der Waals surface area contributed by atoms with Gasteiger partial charge in [-0.3, -0.25) is 9.69 Å². The van der Waals surface area contributed by atoms with E-state index in [-0.39, 0.29) is 24.9 Å². The minimum atomic E-state index is -3.42. The molecule has 0 radical (unpaired) electrons. The molecule has 1 aromatic carbocycles. The molecule has 0 bridgehead atoms. The quantitative estimate of drug-likeness (QED) is 0.558. The van der Waals surface area contributed by atoms with Crippen LogP contribution >= 0.6 is 39.7 Å². The van der Waals surface area contributed by atoms with Crippen LogP contribution < -0.4 is 4.90 Å². The molecule has 11 heteroatoms. The third-order valence-electron chi connectivity index (χ3n) is 3.78. The average Bonchev–Trinajstić information content (AvgIpc) is 2.92. The maximum Gasteiger partial charge on any atom is 0.244 e. The lowest BCUT2D eigenvalue weighted by molar-refractivity contribution is -0.118. The van der Waals surface area contributed by atoms with Gasteiger partial charge in [-0.2, -0.15) is 4.31 Å². The number of carbonyl (C=O) groups excluding carboxylic acids is 1. The zero-order valence-electron chi connectivity index (χ0n) is 15.7. The van der Waals surface area contributed by atoms with Gasteiger partial charge in [-0.05, 0) is 45.3 Å². The number of rotatable bonds is 8. The number of sulfonamides is 1. The largest absolute Gasteiger partial charge is 0.309 e. The first kappa shape index (κ1) is 24.3. The molecular weight excluding hydrogens is 476 g/mol. The molecule has 1 aromatic heterocycles. The van der Waals surface area contributed by atoms with E-state index in [9.17, 15) is 13.2 Å². The van der Waals surface area contributed by atoms with Crippen LogP contribution in [-0.2, 0) is 14.8 Å². The van der Waals surface area contributed by atoms with Gasteiger partial charge in [-0.1, -0.05) is 27.3 Å². The predicted molar refractivity (Wildman–Crippen MR) is 118 cm³/mol. The van der Waals surface area contributed by atoms with Crippen LogP contribution in [0.1, 0.15) is 6.42 Å². The van der Waals surface area contributed by atoms with E-state index in [1.807, 2.05) is 37.2 Å². The van der Waals surface area contributed by atoms with E-state index in [1.165, 1.54) is 18.4 Å². The number of likely N-dealkylation sites (N-methyl/N-ethyl adjacent to an activating group) is 1. The molecule has 0 aliphatic carbocycles. The van der Waals surface area contributed by atoms with E-state index in [0.29, 0.717) is 11.7 Å². The third-order valence-corrected chi connectivity index (χ3v) is 6.58. The Kier molecular flexibility index (Phi) is 9.10. The SMILES string of the molecule is CN(C)CCCN(C(=O)CN(C)S(C)(=O)=O)c1nc2ccc(Br)cc2s1.Cl. The van der Waals surface area contributed by atoms with Crippen LogP contribution in [0.2, 0.25) is 0 Å². The van der Waals surface area contributed by atoms with Crippen molar-refractivity contribution < 1.29 is 13.2 Å². The standard InChI is InChI=1S/C16H23BrN4O3S2.ClH/c1-19(2)8-5-9-21(15(22)11-20(3)26(4,23)24)16-18-13-7-6-12(17)10-14(13)25-16;/h6-7,10H,5,8-9,11H2,1-4H3;1H. The van der Waals surface area contributed by atoms with Crippen molar-refractivity contribution in [2.24, 2.45) is 0 Å². The molecule has 0 saturated heterocycles. The number of thiazole rings is 1. The first-order chi connectivity index (χ1) is 12.1. The first-order valence-electron chi connectivity index (χ1n) is 8.00. The van der Waals surface area contributed by atoms with Crippen molar-refractivity contribution in [1.29, 1.82) is 0 Å². The van der Waals surface area contributed by atoms with Crippen LogP contribution in [-0.4, -0.2) is 75.5 Å². The molecule has 152 valence electrons. The minimum Gasteiger partial charge on any atom is -0.309 e. The number of hydrogen-bond acceptors (Lipinski definition) is 6. The number of anilines is 1. The van der Waals surface area contributed by atoms with E-state index in [2.05, 4.69) is 20.9 Å². The molecule has 1 heterocycles. The van der Waals surface area contributed by atoms with Crippen LogP contribution in [0.3, 0.4) is 0 Å². The zero-order valence-corrected chi connectivity index (χ0v) is 19.7. The second kappa shape index (κ2) is 10.1. The number of fused-ring (bicyclic) bond motifs is 1. The molecule has 0 saturated carbocycles. The summed E-state index contributed by atoms with van der Waals surface area (Å²) in [6.07, 6.45) is 1.85. The summed E-state index contributed by atoms with van der Waals surface area (Å²) in [7, 11) is 1.92. The van der Waals surface area contributed by atoms with Crippen molar-refractivity contribution in [2.75, 3.05) is 51.9 Å². The lowest BCUT2D eigenvalue weighted by Crippen LogP contribution is -2.41. The molecule has 0 N–H and O–H groups in total. The monoisotopic (exact) mass is 498 g/mol. The van der Waals surface area contributed by atoms with Crippen LogP contribution in [0.15, 0.2) is 22.7 Å². The van der Waals surface area contributed by atoms with E-state index in [0.717, 1.165) is 38.2 Å². The molecule has 2 aromatic rings. The Bertz CT molecular complexity index is 889. The maximum absolute atomic E-state index is 12.8. The second-order valence-corrected chi connectivity index (χ2v) is 10.3. The predicted octanol–water partition coefficient (Wildman–Crippen LogP) is 2.66. The van der Waals surface area contributed by atoms with Crippen molar-refractivity contribution in [2.45, 2.75) is 6.42 Å². The molecule has 1 amide bonds. The summed E-state index contributed by atoms with van der Waals surface area (Å²) in [6.45, 7) is 1.10.